The number of methoxy groups -OCH3 is 1. The second kappa shape index (κ2) is 8.94. The van der Waals surface area contributed by atoms with Gasteiger partial charge in [-0.3, -0.25) is 0 Å². The van der Waals surface area contributed by atoms with Gasteiger partial charge in [-0.05, 0) is 38.3 Å². The van der Waals surface area contributed by atoms with Gasteiger partial charge in [0.1, 0.15) is 0 Å². The van der Waals surface area contributed by atoms with Gasteiger partial charge in [0.2, 0.25) is 0 Å². The standard InChI is InChI=1S/C13H29N3O3S/c1-4-7-14-12-13-5-8-16(9-6-13)20(17,18)15(2)10-11-19-3/h13-14H,4-12H2,1-3H3. The normalized spacial score (nSPS) is 18.8. The van der Waals surface area contributed by atoms with E-state index < -0.39 is 10.2 Å². The summed E-state index contributed by atoms with van der Waals surface area (Å²) in [4.78, 5) is 0. The number of nitrogens with one attached hydrogen (secondary N) is 1. The van der Waals surface area contributed by atoms with Gasteiger partial charge in [-0.15, -0.1) is 0 Å². The first-order valence-corrected chi connectivity index (χ1v) is 8.83. The van der Waals surface area contributed by atoms with Crippen molar-refractivity contribution in [3.8, 4) is 0 Å². The Morgan fingerprint density at radius 1 is 1.35 bits per heavy atom. The largest absolute Gasteiger partial charge is 0.383 e. The maximum Gasteiger partial charge on any atom is 0.281 e. The Bertz CT molecular complexity index is 354. The zero-order valence-corrected chi connectivity index (χ0v) is 13.8. The maximum atomic E-state index is 12.3. The van der Waals surface area contributed by atoms with Gasteiger partial charge in [0.15, 0.2) is 0 Å². The Labute approximate surface area is 123 Å². The van der Waals surface area contributed by atoms with Crippen LogP contribution in [0, 0.1) is 5.92 Å². The topological polar surface area (TPSA) is 61.9 Å². The van der Waals surface area contributed by atoms with Gasteiger partial charge in [0.25, 0.3) is 10.2 Å². The minimum atomic E-state index is -3.32. The molecule has 0 aromatic heterocycles. The first-order valence-electron chi connectivity index (χ1n) is 7.43. The molecule has 1 aliphatic rings. The molecule has 7 heteroatoms. The molecule has 0 aromatic carbocycles. The van der Waals surface area contributed by atoms with Gasteiger partial charge in [-0.1, -0.05) is 6.92 Å². The van der Waals surface area contributed by atoms with Crippen LogP contribution < -0.4 is 5.32 Å². The molecule has 0 aromatic rings. The molecule has 1 saturated heterocycles. The van der Waals surface area contributed by atoms with Crippen LogP contribution in [0.3, 0.4) is 0 Å². The maximum absolute atomic E-state index is 12.3. The molecule has 1 heterocycles. The van der Waals surface area contributed by atoms with Crippen LogP contribution in [0.5, 0.6) is 0 Å². The summed E-state index contributed by atoms with van der Waals surface area (Å²) in [6.45, 7) is 6.26. The fourth-order valence-electron chi connectivity index (χ4n) is 2.36. The number of hydrogen-bond acceptors (Lipinski definition) is 4. The van der Waals surface area contributed by atoms with E-state index in [0.717, 1.165) is 32.4 Å². The molecule has 1 aliphatic heterocycles. The molecule has 0 radical (unpaired) electrons. The van der Waals surface area contributed by atoms with Crippen LogP contribution in [0.15, 0.2) is 0 Å². The Morgan fingerprint density at radius 2 is 2.00 bits per heavy atom. The van der Waals surface area contributed by atoms with Crippen LogP contribution in [0.25, 0.3) is 0 Å². The molecule has 20 heavy (non-hydrogen) atoms. The van der Waals surface area contributed by atoms with Crippen LogP contribution in [-0.2, 0) is 14.9 Å². The molecule has 0 bridgehead atoms. The smallest absolute Gasteiger partial charge is 0.281 e. The predicted octanol–water partition coefficient (Wildman–Crippen LogP) is 0.521. The van der Waals surface area contributed by atoms with Crippen molar-refractivity contribution in [2.75, 3.05) is 53.5 Å². The van der Waals surface area contributed by atoms with Crippen molar-refractivity contribution in [1.29, 1.82) is 0 Å². The zero-order valence-electron chi connectivity index (χ0n) is 13.0. The van der Waals surface area contributed by atoms with Crippen molar-refractivity contribution >= 4 is 10.2 Å². The molecule has 6 nitrogen and oxygen atoms in total. The molecule has 1 N–H and O–H groups in total. The molecule has 0 aliphatic carbocycles. The van der Waals surface area contributed by atoms with Crippen LogP contribution in [0.2, 0.25) is 0 Å². The fraction of sp³-hybridized carbons (Fsp3) is 1.00. The lowest BCUT2D eigenvalue weighted by Gasteiger charge is -2.33. The average Bonchev–Trinajstić information content (AvgIpc) is 2.45. The summed E-state index contributed by atoms with van der Waals surface area (Å²) in [6, 6.07) is 0. The van der Waals surface area contributed by atoms with E-state index in [2.05, 4.69) is 12.2 Å². The SMILES string of the molecule is CCCNCC1CCN(S(=O)(=O)N(C)CCOC)CC1. The summed E-state index contributed by atoms with van der Waals surface area (Å²) >= 11 is 0. The summed E-state index contributed by atoms with van der Waals surface area (Å²) in [5.41, 5.74) is 0. The molecule has 0 unspecified atom stereocenters. The Morgan fingerprint density at radius 3 is 2.55 bits per heavy atom. The van der Waals surface area contributed by atoms with Crippen LogP contribution in [0.1, 0.15) is 26.2 Å². The van der Waals surface area contributed by atoms with Gasteiger partial charge in [0, 0.05) is 33.8 Å². The first-order chi connectivity index (χ1) is 9.52. The minimum absolute atomic E-state index is 0.400. The van der Waals surface area contributed by atoms with Gasteiger partial charge >= 0.3 is 0 Å². The number of likely N-dealkylation sites (N-methyl/N-ethyl adjacent to an activating group) is 1. The van der Waals surface area contributed by atoms with Crippen LogP contribution in [0.4, 0.5) is 0 Å². The van der Waals surface area contributed by atoms with E-state index in [9.17, 15) is 8.42 Å². The first kappa shape index (κ1) is 17.8. The summed E-state index contributed by atoms with van der Waals surface area (Å²) < 4.78 is 32.6. The third-order valence-electron chi connectivity index (χ3n) is 3.76. The van der Waals surface area contributed by atoms with Gasteiger partial charge in [0.05, 0.1) is 6.61 Å². The second-order valence-electron chi connectivity index (χ2n) is 5.37. The van der Waals surface area contributed by atoms with Crippen LogP contribution >= 0.6 is 0 Å². The summed E-state index contributed by atoms with van der Waals surface area (Å²) in [6.07, 6.45) is 3.01. The molecule has 0 spiro atoms. The molecule has 0 atom stereocenters. The average molecular weight is 307 g/mol. The third kappa shape index (κ3) is 5.29. The minimum Gasteiger partial charge on any atom is -0.383 e. The van der Waals surface area contributed by atoms with E-state index in [1.54, 1.807) is 18.5 Å². The number of rotatable bonds is 9. The van der Waals surface area contributed by atoms with E-state index in [1.807, 2.05) is 0 Å². The third-order valence-corrected chi connectivity index (χ3v) is 5.75. The molecule has 1 fully saturated rings. The highest BCUT2D eigenvalue weighted by molar-refractivity contribution is 7.86. The lowest BCUT2D eigenvalue weighted by molar-refractivity contribution is 0.180. The molecule has 0 saturated carbocycles. The van der Waals surface area contributed by atoms with Crippen molar-refractivity contribution in [2.45, 2.75) is 26.2 Å². The van der Waals surface area contributed by atoms with E-state index in [1.165, 1.54) is 4.31 Å². The van der Waals surface area contributed by atoms with Gasteiger partial charge in [-0.25, -0.2) is 0 Å². The second-order valence-corrected chi connectivity index (χ2v) is 7.40. The number of nitrogens with zero attached hydrogens (tertiary/aromatic N) is 2. The number of hydrogen-bond donors (Lipinski definition) is 1. The molecule has 1 rings (SSSR count). The van der Waals surface area contributed by atoms with E-state index in [4.69, 9.17) is 4.74 Å². The summed E-state index contributed by atoms with van der Waals surface area (Å²) in [5, 5.41) is 3.41. The van der Waals surface area contributed by atoms with Crippen molar-refractivity contribution in [3.63, 3.8) is 0 Å². The predicted molar refractivity (Wildman–Crippen MR) is 80.9 cm³/mol. The van der Waals surface area contributed by atoms with Crippen LogP contribution in [-0.4, -0.2) is 70.5 Å². The van der Waals surface area contributed by atoms with E-state index in [0.29, 0.717) is 32.2 Å². The molecular weight excluding hydrogens is 278 g/mol. The Kier molecular flexibility index (Phi) is 7.98. The monoisotopic (exact) mass is 307 g/mol. The van der Waals surface area contributed by atoms with Crippen molar-refractivity contribution < 1.29 is 13.2 Å². The van der Waals surface area contributed by atoms with E-state index in [-0.39, 0.29) is 0 Å². The fourth-order valence-corrected chi connectivity index (χ4v) is 3.73. The molecular formula is C13H29N3O3S. The molecule has 120 valence electrons. The van der Waals surface area contributed by atoms with Crippen molar-refractivity contribution in [2.24, 2.45) is 5.92 Å². The quantitative estimate of drug-likeness (QED) is 0.631. The lowest BCUT2D eigenvalue weighted by atomic mass is 9.98. The van der Waals surface area contributed by atoms with Crippen molar-refractivity contribution in [3.05, 3.63) is 0 Å². The summed E-state index contributed by atoms with van der Waals surface area (Å²) in [5.74, 6) is 0.595. The Balaban J connectivity index is 2.39. The Hall–Kier alpha value is -0.210. The van der Waals surface area contributed by atoms with Gasteiger partial charge in [-0.2, -0.15) is 17.0 Å². The highest BCUT2D eigenvalue weighted by Gasteiger charge is 2.30. The highest BCUT2D eigenvalue weighted by Crippen LogP contribution is 2.20. The van der Waals surface area contributed by atoms with Crippen molar-refractivity contribution in [1.82, 2.24) is 13.9 Å². The zero-order chi connectivity index (χ0) is 15.0. The van der Waals surface area contributed by atoms with E-state index >= 15 is 0 Å². The van der Waals surface area contributed by atoms with Gasteiger partial charge < -0.3 is 10.1 Å². The summed E-state index contributed by atoms with van der Waals surface area (Å²) in [7, 11) is -0.124. The molecule has 0 amide bonds. The number of piperidine rings is 1. The highest BCUT2D eigenvalue weighted by atomic mass is 32.2. The lowest BCUT2D eigenvalue weighted by Crippen LogP contribution is -2.47. The number of ether oxygens (including phenoxy) is 1.